The molecule has 0 N–H and O–H groups in total. The van der Waals surface area contributed by atoms with E-state index < -0.39 is 0 Å². The maximum Gasteiger partial charge on any atom is 0.234 e. The fraction of sp³-hybridized carbons (Fsp3) is 0.556. The molecule has 0 unspecified atom stereocenters. The summed E-state index contributed by atoms with van der Waals surface area (Å²) in [5, 5.41) is 0. The molecule has 2 fully saturated rings. The van der Waals surface area contributed by atoms with E-state index in [0.29, 0.717) is 12.5 Å². The van der Waals surface area contributed by atoms with E-state index in [-0.39, 0.29) is 29.7 Å². The summed E-state index contributed by atoms with van der Waals surface area (Å²) in [5.41, 5.74) is 1.24. The zero-order valence-corrected chi connectivity index (χ0v) is 13.5. The van der Waals surface area contributed by atoms with Crippen LogP contribution in [0, 0.1) is 17.8 Å². The van der Waals surface area contributed by atoms with Gasteiger partial charge in [-0.2, -0.15) is 0 Å². The van der Waals surface area contributed by atoms with Crippen LogP contribution in [-0.4, -0.2) is 41.2 Å². The van der Waals surface area contributed by atoms with Gasteiger partial charge in [-0.25, -0.2) is 0 Å². The Bertz CT molecular complexity index is 570. The molecule has 4 heteroatoms. The van der Waals surface area contributed by atoms with Gasteiger partial charge in [0.15, 0.2) is 0 Å². The highest BCUT2D eigenvalue weighted by atomic mass is 16.2. The topological polar surface area (TPSA) is 40.6 Å². The number of imide groups is 1. The van der Waals surface area contributed by atoms with Crippen LogP contribution in [0.25, 0.3) is 0 Å². The first-order valence-corrected chi connectivity index (χ1v) is 8.08. The highest BCUT2D eigenvalue weighted by Crippen LogP contribution is 2.40. The van der Waals surface area contributed by atoms with Crippen molar-refractivity contribution in [1.29, 1.82) is 0 Å². The molecule has 0 saturated carbocycles. The average molecular weight is 300 g/mol. The first kappa shape index (κ1) is 15.2. The van der Waals surface area contributed by atoms with Crippen molar-refractivity contribution in [2.75, 3.05) is 13.6 Å². The quantitative estimate of drug-likeness (QED) is 0.800. The van der Waals surface area contributed by atoms with E-state index in [0.717, 1.165) is 13.0 Å². The van der Waals surface area contributed by atoms with Crippen LogP contribution in [0.2, 0.25) is 0 Å². The monoisotopic (exact) mass is 300 g/mol. The maximum atomic E-state index is 12.5. The summed E-state index contributed by atoms with van der Waals surface area (Å²) in [6.07, 6.45) is 0.959. The third kappa shape index (κ3) is 2.56. The van der Waals surface area contributed by atoms with Gasteiger partial charge in [0.05, 0.1) is 11.8 Å². The van der Waals surface area contributed by atoms with Gasteiger partial charge in [-0.3, -0.25) is 19.4 Å². The van der Waals surface area contributed by atoms with Crippen LogP contribution in [0.1, 0.15) is 25.8 Å². The van der Waals surface area contributed by atoms with Gasteiger partial charge in [0.25, 0.3) is 0 Å². The number of carbonyl (C=O) groups excluding carboxylic acids is 2. The molecule has 1 aromatic rings. The van der Waals surface area contributed by atoms with Crippen LogP contribution in [-0.2, 0) is 16.1 Å². The Morgan fingerprint density at radius 2 is 1.82 bits per heavy atom. The van der Waals surface area contributed by atoms with Crippen molar-refractivity contribution >= 4 is 11.8 Å². The molecule has 0 bridgehead atoms. The van der Waals surface area contributed by atoms with Crippen molar-refractivity contribution < 1.29 is 9.59 Å². The van der Waals surface area contributed by atoms with Crippen molar-refractivity contribution in [3.05, 3.63) is 35.9 Å². The van der Waals surface area contributed by atoms with Crippen LogP contribution >= 0.6 is 0 Å². The fourth-order valence-corrected chi connectivity index (χ4v) is 3.92. The van der Waals surface area contributed by atoms with Gasteiger partial charge in [-0.1, -0.05) is 44.2 Å². The Hall–Kier alpha value is -1.68. The van der Waals surface area contributed by atoms with E-state index in [1.807, 2.05) is 18.2 Å². The Labute approximate surface area is 132 Å². The smallest absolute Gasteiger partial charge is 0.234 e. The molecule has 1 aromatic carbocycles. The summed E-state index contributed by atoms with van der Waals surface area (Å²) >= 11 is 0. The molecule has 4 nitrogen and oxygen atoms in total. The molecule has 0 aromatic heterocycles. The Morgan fingerprint density at radius 3 is 2.45 bits per heavy atom. The molecular formula is C18H24N2O2. The summed E-state index contributed by atoms with van der Waals surface area (Å²) < 4.78 is 0. The van der Waals surface area contributed by atoms with E-state index in [9.17, 15) is 9.59 Å². The summed E-state index contributed by atoms with van der Waals surface area (Å²) in [4.78, 5) is 28.4. The second-order valence-corrected chi connectivity index (χ2v) is 6.98. The highest BCUT2D eigenvalue weighted by Gasteiger charge is 2.55. The molecule has 2 aliphatic rings. The molecule has 3 atom stereocenters. The van der Waals surface area contributed by atoms with E-state index >= 15 is 0 Å². The minimum atomic E-state index is -0.149. The lowest BCUT2D eigenvalue weighted by Gasteiger charge is -2.29. The van der Waals surface area contributed by atoms with Gasteiger partial charge in [0.1, 0.15) is 0 Å². The Balaban J connectivity index is 1.84. The van der Waals surface area contributed by atoms with Crippen molar-refractivity contribution in [3.8, 4) is 0 Å². The standard InChI is InChI=1S/C18H24N2O2/c1-12(2)9-15-16-14(17(21)19(3)18(16)22)11-20(15)10-13-7-5-4-6-8-13/h4-8,12,14-16H,9-11H2,1-3H3/t14-,15-,16+/m1/s1. The van der Waals surface area contributed by atoms with Gasteiger partial charge >= 0.3 is 0 Å². The number of likely N-dealkylation sites (tertiary alicyclic amines) is 2. The number of fused-ring (bicyclic) bond motifs is 1. The first-order chi connectivity index (χ1) is 10.5. The molecule has 0 radical (unpaired) electrons. The number of carbonyl (C=O) groups is 2. The Kier molecular flexibility index (Phi) is 4.04. The average Bonchev–Trinajstić information content (AvgIpc) is 2.92. The van der Waals surface area contributed by atoms with E-state index in [4.69, 9.17) is 0 Å². The van der Waals surface area contributed by atoms with Gasteiger partial charge in [-0.05, 0) is 17.9 Å². The number of hydrogen-bond acceptors (Lipinski definition) is 3. The molecular weight excluding hydrogens is 276 g/mol. The number of benzene rings is 1. The van der Waals surface area contributed by atoms with E-state index in [1.54, 1.807) is 7.05 Å². The second kappa shape index (κ2) is 5.84. The summed E-state index contributed by atoms with van der Waals surface area (Å²) in [6.45, 7) is 5.87. The molecule has 22 heavy (non-hydrogen) atoms. The van der Waals surface area contributed by atoms with Crippen molar-refractivity contribution in [2.24, 2.45) is 17.8 Å². The number of hydrogen-bond donors (Lipinski definition) is 0. The normalized spacial score (nSPS) is 28.7. The minimum Gasteiger partial charge on any atom is -0.294 e. The molecule has 118 valence electrons. The van der Waals surface area contributed by atoms with E-state index in [2.05, 4.69) is 30.9 Å². The molecule has 0 spiro atoms. The van der Waals surface area contributed by atoms with Crippen LogP contribution < -0.4 is 0 Å². The predicted molar refractivity (Wildman–Crippen MR) is 84.9 cm³/mol. The number of rotatable bonds is 4. The van der Waals surface area contributed by atoms with Gasteiger partial charge in [-0.15, -0.1) is 0 Å². The zero-order valence-electron chi connectivity index (χ0n) is 13.5. The molecule has 2 aliphatic heterocycles. The lowest BCUT2D eigenvalue weighted by Crippen LogP contribution is -2.39. The van der Waals surface area contributed by atoms with E-state index in [1.165, 1.54) is 10.5 Å². The van der Waals surface area contributed by atoms with Crippen molar-refractivity contribution in [1.82, 2.24) is 9.80 Å². The van der Waals surface area contributed by atoms with Crippen LogP contribution in [0.15, 0.2) is 30.3 Å². The largest absolute Gasteiger partial charge is 0.294 e. The SMILES string of the molecule is CC(C)C[C@@H]1[C@H]2C(=O)N(C)C(=O)[C@@H]2CN1Cc1ccccc1. The fourth-order valence-electron chi connectivity index (χ4n) is 3.92. The van der Waals surface area contributed by atoms with Gasteiger partial charge in [0.2, 0.25) is 11.8 Å². The third-order valence-corrected chi connectivity index (χ3v) is 4.95. The molecule has 2 heterocycles. The maximum absolute atomic E-state index is 12.5. The predicted octanol–water partition coefficient (Wildman–Crippen LogP) is 2.15. The van der Waals surface area contributed by atoms with Crippen LogP contribution in [0.4, 0.5) is 0 Å². The lowest BCUT2D eigenvalue weighted by molar-refractivity contribution is -0.139. The first-order valence-electron chi connectivity index (χ1n) is 8.08. The van der Waals surface area contributed by atoms with Crippen LogP contribution in [0.5, 0.6) is 0 Å². The summed E-state index contributed by atoms with van der Waals surface area (Å²) in [6, 6.07) is 10.5. The third-order valence-electron chi connectivity index (χ3n) is 4.95. The second-order valence-electron chi connectivity index (χ2n) is 6.98. The van der Waals surface area contributed by atoms with Gasteiger partial charge in [0, 0.05) is 26.2 Å². The van der Waals surface area contributed by atoms with Gasteiger partial charge < -0.3 is 0 Å². The zero-order chi connectivity index (χ0) is 15.9. The van der Waals surface area contributed by atoms with Crippen molar-refractivity contribution in [2.45, 2.75) is 32.9 Å². The lowest BCUT2D eigenvalue weighted by atomic mass is 9.88. The molecule has 0 aliphatic carbocycles. The van der Waals surface area contributed by atoms with Crippen molar-refractivity contribution in [3.63, 3.8) is 0 Å². The Morgan fingerprint density at radius 1 is 1.14 bits per heavy atom. The number of nitrogens with zero attached hydrogens (tertiary/aromatic N) is 2. The minimum absolute atomic E-state index is 0.000632. The summed E-state index contributed by atoms with van der Waals surface area (Å²) in [5.74, 6) is 0.222. The molecule has 2 amide bonds. The number of amides is 2. The highest BCUT2D eigenvalue weighted by molar-refractivity contribution is 6.05. The van der Waals surface area contributed by atoms with Crippen LogP contribution in [0.3, 0.4) is 0 Å². The summed E-state index contributed by atoms with van der Waals surface area (Å²) in [7, 11) is 1.62. The molecule has 3 rings (SSSR count). The molecule has 2 saturated heterocycles.